The molecule has 0 saturated heterocycles. The van der Waals surface area contributed by atoms with Crippen LogP contribution in [0.5, 0.6) is 0 Å². The monoisotopic (exact) mass is 440 g/mol. The standard InChI is InChI=1S/C26H19AsO.H2O/c28-27(22-14-2-1-3-15-22,25-18-8-12-20-10-4-6-16-23(20)25)26-19-9-13-21-11-5-7-17-24(21)26;/h1-19H;1H2. The SMILES string of the molecule is O.O=[As](c1ccccc1)(c1cccc2ccccc12)c1cccc2ccccc12. The molecule has 5 aromatic rings. The van der Waals surface area contributed by atoms with Crippen LogP contribution in [0.15, 0.2) is 115 Å². The fourth-order valence-corrected chi connectivity index (χ4v) is 10.5. The molecule has 0 saturated carbocycles. The van der Waals surface area contributed by atoms with Crippen LogP contribution in [-0.4, -0.2) is 19.0 Å². The van der Waals surface area contributed by atoms with Gasteiger partial charge in [-0.05, 0) is 0 Å². The van der Waals surface area contributed by atoms with Crippen molar-refractivity contribution in [1.82, 2.24) is 0 Å². The normalized spacial score (nSPS) is 11.3. The number of hydrogen-bond acceptors (Lipinski definition) is 1. The van der Waals surface area contributed by atoms with E-state index >= 15 is 3.74 Å². The summed E-state index contributed by atoms with van der Waals surface area (Å²) in [6.45, 7) is 0. The molecule has 3 heteroatoms. The van der Waals surface area contributed by atoms with Gasteiger partial charge < -0.3 is 5.48 Å². The van der Waals surface area contributed by atoms with Crippen molar-refractivity contribution in [1.29, 1.82) is 0 Å². The van der Waals surface area contributed by atoms with Gasteiger partial charge in [-0.3, -0.25) is 0 Å². The summed E-state index contributed by atoms with van der Waals surface area (Å²) in [5, 5.41) is 4.39. The molecule has 142 valence electrons. The Bertz CT molecular complexity index is 1250. The summed E-state index contributed by atoms with van der Waals surface area (Å²) >= 11 is -3.92. The Morgan fingerprint density at radius 1 is 0.448 bits per heavy atom. The van der Waals surface area contributed by atoms with E-state index < -0.39 is 13.5 Å². The Balaban J connectivity index is 0.00000205. The average molecular weight is 440 g/mol. The van der Waals surface area contributed by atoms with Gasteiger partial charge in [0.1, 0.15) is 0 Å². The van der Waals surface area contributed by atoms with E-state index in [2.05, 4.69) is 48.5 Å². The molecule has 5 aromatic carbocycles. The van der Waals surface area contributed by atoms with Gasteiger partial charge in [-0.15, -0.1) is 0 Å². The molecule has 0 amide bonds. The van der Waals surface area contributed by atoms with Gasteiger partial charge in [0.15, 0.2) is 0 Å². The van der Waals surface area contributed by atoms with E-state index in [0.717, 1.165) is 34.6 Å². The minimum absolute atomic E-state index is 0. The molecule has 0 aliphatic rings. The van der Waals surface area contributed by atoms with Crippen LogP contribution in [0.1, 0.15) is 0 Å². The van der Waals surface area contributed by atoms with Gasteiger partial charge in [0, 0.05) is 0 Å². The molecule has 0 fully saturated rings. The number of rotatable bonds is 3. The van der Waals surface area contributed by atoms with E-state index in [-0.39, 0.29) is 5.48 Å². The number of hydrogen-bond donors (Lipinski definition) is 0. The van der Waals surface area contributed by atoms with E-state index in [1.807, 2.05) is 66.7 Å². The zero-order valence-corrected chi connectivity index (χ0v) is 17.7. The summed E-state index contributed by atoms with van der Waals surface area (Å²) < 4.78 is 17.9. The molecular formula is C26H21AsO2. The second-order valence-corrected chi connectivity index (χ2v) is 12.6. The molecular weight excluding hydrogens is 419 g/mol. The summed E-state index contributed by atoms with van der Waals surface area (Å²) in [6.07, 6.45) is 0. The van der Waals surface area contributed by atoms with Gasteiger partial charge in [0.25, 0.3) is 0 Å². The van der Waals surface area contributed by atoms with Crippen molar-refractivity contribution in [3.63, 3.8) is 0 Å². The van der Waals surface area contributed by atoms with Gasteiger partial charge in [-0.25, -0.2) is 0 Å². The zero-order chi connectivity index (χ0) is 19.0. The maximum absolute atomic E-state index is 15.1. The van der Waals surface area contributed by atoms with E-state index in [1.54, 1.807) is 0 Å². The summed E-state index contributed by atoms with van der Waals surface area (Å²) in [7, 11) is 0. The molecule has 0 heterocycles. The first-order chi connectivity index (χ1) is 13.8. The Morgan fingerprint density at radius 2 is 0.862 bits per heavy atom. The molecule has 0 spiro atoms. The predicted molar refractivity (Wildman–Crippen MR) is 123 cm³/mol. The molecule has 0 aromatic heterocycles. The second kappa shape index (κ2) is 7.75. The fraction of sp³-hybridized carbons (Fsp3) is 0. The van der Waals surface area contributed by atoms with Gasteiger partial charge >= 0.3 is 167 Å². The van der Waals surface area contributed by atoms with Crippen molar-refractivity contribution in [3.8, 4) is 0 Å². The average Bonchev–Trinajstić information content (AvgIpc) is 2.78. The molecule has 0 radical (unpaired) electrons. The topological polar surface area (TPSA) is 48.6 Å². The van der Waals surface area contributed by atoms with Crippen molar-refractivity contribution in [2.45, 2.75) is 0 Å². The van der Waals surface area contributed by atoms with Crippen LogP contribution >= 0.6 is 0 Å². The summed E-state index contributed by atoms with van der Waals surface area (Å²) in [6, 6.07) is 38.8. The molecule has 0 aliphatic carbocycles. The Hall–Kier alpha value is -3.06. The first kappa shape index (κ1) is 19.3. The molecule has 0 bridgehead atoms. The first-order valence-electron chi connectivity index (χ1n) is 9.41. The van der Waals surface area contributed by atoms with Crippen molar-refractivity contribution in [3.05, 3.63) is 115 Å². The Labute approximate surface area is 172 Å². The van der Waals surface area contributed by atoms with Crippen molar-refractivity contribution in [2.24, 2.45) is 0 Å². The van der Waals surface area contributed by atoms with E-state index in [4.69, 9.17) is 0 Å². The molecule has 29 heavy (non-hydrogen) atoms. The van der Waals surface area contributed by atoms with Crippen LogP contribution in [0.4, 0.5) is 0 Å². The van der Waals surface area contributed by atoms with Crippen LogP contribution in [0, 0.1) is 0 Å². The molecule has 2 N–H and O–H groups in total. The van der Waals surface area contributed by atoms with E-state index in [0.29, 0.717) is 0 Å². The van der Waals surface area contributed by atoms with Crippen LogP contribution in [0.2, 0.25) is 0 Å². The van der Waals surface area contributed by atoms with Gasteiger partial charge in [0.2, 0.25) is 0 Å². The number of benzene rings is 5. The molecule has 0 atom stereocenters. The molecule has 0 unspecified atom stereocenters. The molecule has 2 nitrogen and oxygen atoms in total. The summed E-state index contributed by atoms with van der Waals surface area (Å²) in [5.41, 5.74) is 0. The van der Waals surface area contributed by atoms with E-state index in [1.165, 1.54) is 0 Å². The summed E-state index contributed by atoms with van der Waals surface area (Å²) in [5.74, 6) is 0. The number of fused-ring (bicyclic) bond motifs is 2. The third kappa shape index (κ3) is 3.11. The quantitative estimate of drug-likeness (QED) is 0.396. The van der Waals surface area contributed by atoms with Crippen LogP contribution in [0.3, 0.4) is 0 Å². The summed E-state index contributed by atoms with van der Waals surface area (Å²) in [4.78, 5) is 0. The minimum atomic E-state index is -3.92. The van der Waals surface area contributed by atoms with Crippen LogP contribution < -0.4 is 13.1 Å². The fourth-order valence-electron chi connectivity index (χ4n) is 4.01. The zero-order valence-electron chi connectivity index (χ0n) is 15.8. The van der Waals surface area contributed by atoms with Crippen LogP contribution in [0.25, 0.3) is 21.5 Å². The van der Waals surface area contributed by atoms with Crippen molar-refractivity contribution >= 4 is 48.1 Å². The third-order valence-corrected chi connectivity index (χ3v) is 12.0. The Morgan fingerprint density at radius 3 is 1.38 bits per heavy atom. The van der Waals surface area contributed by atoms with Crippen molar-refractivity contribution in [2.75, 3.05) is 0 Å². The Kier molecular flexibility index (Phi) is 5.15. The second-order valence-electron chi connectivity index (χ2n) is 6.94. The maximum atomic E-state index is 15.1. The van der Waals surface area contributed by atoms with Gasteiger partial charge in [0.05, 0.1) is 0 Å². The van der Waals surface area contributed by atoms with Gasteiger partial charge in [-0.2, -0.15) is 0 Å². The van der Waals surface area contributed by atoms with Gasteiger partial charge in [-0.1, -0.05) is 0 Å². The molecule has 0 aliphatic heterocycles. The first-order valence-corrected chi connectivity index (χ1v) is 13.0. The third-order valence-electron chi connectivity index (χ3n) is 5.33. The van der Waals surface area contributed by atoms with Crippen molar-refractivity contribution < 1.29 is 9.22 Å². The van der Waals surface area contributed by atoms with Crippen LogP contribution in [-0.2, 0) is 3.74 Å². The molecule has 5 rings (SSSR count). The van der Waals surface area contributed by atoms with E-state index in [9.17, 15) is 0 Å². The predicted octanol–water partition coefficient (Wildman–Crippen LogP) is 3.57.